The van der Waals surface area contributed by atoms with E-state index < -0.39 is 12.1 Å². The predicted octanol–water partition coefficient (Wildman–Crippen LogP) is 4.49. The van der Waals surface area contributed by atoms with E-state index in [9.17, 15) is 18.0 Å². The van der Waals surface area contributed by atoms with E-state index in [2.05, 4.69) is 15.4 Å². The molecule has 1 saturated carbocycles. The van der Waals surface area contributed by atoms with Crippen LogP contribution < -0.4 is 10.2 Å². The van der Waals surface area contributed by atoms with E-state index >= 15 is 0 Å². The minimum Gasteiger partial charge on any atom is -0.361 e. The first-order chi connectivity index (χ1) is 17.2. The first kappa shape index (κ1) is 25.5. The summed E-state index contributed by atoms with van der Waals surface area (Å²) in [5.41, 5.74) is 1.83. The minimum atomic E-state index is -4.12. The summed E-state index contributed by atoms with van der Waals surface area (Å²) in [5, 5.41) is 7.72. The highest BCUT2D eigenvalue weighted by atomic mass is 32.1. The van der Waals surface area contributed by atoms with Crippen LogP contribution in [-0.2, 0) is 24.2 Å². The molecule has 0 aromatic carbocycles. The van der Waals surface area contributed by atoms with Crippen LogP contribution in [0.15, 0.2) is 10.6 Å². The Bertz CT molecular complexity index is 1050. The number of hydrogen-bond donors (Lipinski definition) is 1. The third-order valence-electron chi connectivity index (χ3n) is 7.79. The van der Waals surface area contributed by atoms with Crippen LogP contribution in [0.2, 0.25) is 0 Å². The molecule has 36 heavy (non-hydrogen) atoms. The second-order valence-corrected chi connectivity index (χ2v) is 11.6. The number of anilines is 1. The summed E-state index contributed by atoms with van der Waals surface area (Å²) in [7, 11) is 0. The van der Waals surface area contributed by atoms with Crippen LogP contribution in [0.3, 0.4) is 0 Å². The van der Waals surface area contributed by atoms with Gasteiger partial charge in [-0.25, -0.2) is 4.98 Å². The minimum absolute atomic E-state index is 0.00999. The average Bonchev–Trinajstić information content (AvgIpc) is 3.57. The second kappa shape index (κ2) is 10.7. The molecule has 1 unspecified atom stereocenters. The van der Waals surface area contributed by atoms with Crippen molar-refractivity contribution in [2.75, 3.05) is 31.1 Å². The fourth-order valence-electron chi connectivity index (χ4n) is 5.66. The lowest BCUT2D eigenvalue weighted by atomic mass is 9.84. The second-order valence-electron chi connectivity index (χ2n) is 10.6. The van der Waals surface area contributed by atoms with Gasteiger partial charge in [-0.1, -0.05) is 5.16 Å². The van der Waals surface area contributed by atoms with Crippen molar-refractivity contribution >= 4 is 22.4 Å². The Hall–Kier alpha value is -2.14. The maximum absolute atomic E-state index is 13.1. The number of nitrogens with one attached hydrogen (secondary N) is 1. The molecule has 11 heteroatoms. The molecular formula is C25H34F3N5O2S. The zero-order valence-electron chi connectivity index (χ0n) is 20.6. The highest BCUT2D eigenvalue weighted by Gasteiger charge is 2.44. The lowest BCUT2D eigenvalue weighted by Crippen LogP contribution is -2.39. The van der Waals surface area contributed by atoms with E-state index in [4.69, 9.17) is 9.51 Å². The molecule has 1 atom stereocenters. The Morgan fingerprint density at radius 2 is 2.03 bits per heavy atom. The van der Waals surface area contributed by atoms with Crippen molar-refractivity contribution < 1.29 is 22.5 Å². The standard InChI is InChI=1S/C25H34F3N5O2S/c1-16-12-20(35-31-16)13-23(34)29-19-4-2-17(3-5-19)6-9-32-10-8-22-21(15-32)30-24(36-22)33-11-7-18(14-33)25(26,27)28/h12,17-19H,2-11,13-15H2,1H3,(H,29,34)/t17-,18?,19-. The van der Waals surface area contributed by atoms with E-state index in [1.807, 2.05) is 11.8 Å². The van der Waals surface area contributed by atoms with Gasteiger partial charge >= 0.3 is 6.18 Å². The summed E-state index contributed by atoms with van der Waals surface area (Å²) >= 11 is 1.58. The summed E-state index contributed by atoms with van der Waals surface area (Å²) in [4.78, 5) is 22.5. The molecule has 0 spiro atoms. The van der Waals surface area contributed by atoms with Gasteiger partial charge in [0.05, 0.1) is 23.7 Å². The Kier molecular flexibility index (Phi) is 7.57. The van der Waals surface area contributed by atoms with Crippen LogP contribution in [0, 0.1) is 18.8 Å². The third kappa shape index (κ3) is 6.22. The molecule has 2 fully saturated rings. The van der Waals surface area contributed by atoms with Crippen LogP contribution in [0.5, 0.6) is 0 Å². The molecule has 4 heterocycles. The normalized spacial score (nSPS) is 25.2. The first-order valence-electron chi connectivity index (χ1n) is 13.0. The van der Waals surface area contributed by atoms with Gasteiger partial charge in [0.15, 0.2) is 5.13 Å². The molecule has 198 valence electrons. The number of amides is 1. The average molecular weight is 526 g/mol. The molecule has 2 aromatic rings. The molecule has 1 aliphatic carbocycles. The van der Waals surface area contributed by atoms with E-state index in [-0.39, 0.29) is 31.3 Å². The van der Waals surface area contributed by atoms with Crippen molar-refractivity contribution in [3.63, 3.8) is 0 Å². The van der Waals surface area contributed by atoms with Crippen molar-refractivity contribution in [2.24, 2.45) is 11.8 Å². The van der Waals surface area contributed by atoms with E-state index in [1.54, 1.807) is 17.4 Å². The molecule has 5 rings (SSSR count). The number of rotatable bonds is 7. The molecule has 1 saturated heterocycles. The predicted molar refractivity (Wildman–Crippen MR) is 131 cm³/mol. The van der Waals surface area contributed by atoms with Crippen molar-refractivity contribution in [1.82, 2.24) is 20.4 Å². The molecule has 2 aliphatic heterocycles. The molecule has 7 nitrogen and oxygen atoms in total. The third-order valence-corrected chi connectivity index (χ3v) is 9.01. The van der Waals surface area contributed by atoms with Gasteiger partial charge in [-0.15, -0.1) is 11.3 Å². The van der Waals surface area contributed by atoms with Gasteiger partial charge < -0.3 is 14.7 Å². The number of fused-ring (bicyclic) bond motifs is 1. The number of alkyl halides is 3. The van der Waals surface area contributed by atoms with Crippen molar-refractivity contribution in [2.45, 2.75) is 77.1 Å². The van der Waals surface area contributed by atoms with Crippen LogP contribution in [-0.4, -0.2) is 59.3 Å². The van der Waals surface area contributed by atoms with Gasteiger partial charge in [-0.05, 0) is 64.3 Å². The molecule has 1 N–H and O–H groups in total. The van der Waals surface area contributed by atoms with Gasteiger partial charge in [0.1, 0.15) is 5.76 Å². The van der Waals surface area contributed by atoms with Crippen molar-refractivity contribution in [3.8, 4) is 0 Å². The van der Waals surface area contributed by atoms with E-state index in [1.165, 1.54) is 4.88 Å². The quantitative estimate of drug-likeness (QED) is 0.574. The highest BCUT2D eigenvalue weighted by Crippen LogP contribution is 2.38. The number of aryl methyl sites for hydroxylation is 1. The SMILES string of the molecule is Cc1cc(CC(=O)N[C@H]2CC[C@H](CCN3CCc4sc(N5CCC(C(F)(F)F)C5)nc4C3)CC2)on1. The zero-order chi connectivity index (χ0) is 25.3. The lowest BCUT2D eigenvalue weighted by Gasteiger charge is -2.32. The Morgan fingerprint density at radius 1 is 1.22 bits per heavy atom. The number of thiazole rings is 1. The van der Waals surface area contributed by atoms with E-state index in [0.29, 0.717) is 18.2 Å². The maximum atomic E-state index is 13.1. The smallest absolute Gasteiger partial charge is 0.361 e. The summed E-state index contributed by atoms with van der Waals surface area (Å²) in [6.45, 7) is 5.08. The number of hydrogen-bond acceptors (Lipinski definition) is 7. The Labute approximate surface area is 213 Å². The van der Waals surface area contributed by atoms with Crippen LogP contribution in [0.4, 0.5) is 18.3 Å². The number of aromatic nitrogens is 2. The van der Waals surface area contributed by atoms with Gasteiger partial charge in [-0.2, -0.15) is 13.2 Å². The molecule has 0 radical (unpaired) electrons. The summed E-state index contributed by atoms with van der Waals surface area (Å²) < 4.78 is 44.3. The fourth-order valence-corrected chi connectivity index (χ4v) is 6.76. The summed E-state index contributed by atoms with van der Waals surface area (Å²) in [6.07, 6.45) is 2.55. The Morgan fingerprint density at radius 3 is 2.72 bits per heavy atom. The largest absolute Gasteiger partial charge is 0.393 e. The monoisotopic (exact) mass is 525 g/mol. The van der Waals surface area contributed by atoms with Gasteiger partial charge in [-0.3, -0.25) is 9.69 Å². The van der Waals surface area contributed by atoms with Gasteiger partial charge in [0.25, 0.3) is 0 Å². The van der Waals surface area contributed by atoms with Crippen LogP contribution in [0.25, 0.3) is 0 Å². The molecule has 1 amide bonds. The molecule has 0 bridgehead atoms. The van der Waals surface area contributed by atoms with Crippen molar-refractivity contribution in [1.29, 1.82) is 0 Å². The van der Waals surface area contributed by atoms with Gasteiger partial charge in [0, 0.05) is 43.2 Å². The molecule has 2 aromatic heterocycles. The Balaban J connectivity index is 1.03. The maximum Gasteiger partial charge on any atom is 0.393 e. The topological polar surface area (TPSA) is 74.5 Å². The van der Waals surface area contributed by atoms with Crippen LogP contribution in [0.1, 0.15) is 60.6 Å². The van der Waals surface area contributed by atoms with E-state index in [0.717, 1.165) is 74.7 Å². The van der Waals surface area contributed by atoms with Crippen LogP contribution >= 0.6 is 11.3 Å². The number of halogens is 3. The summed E-state index contributed by atoms with van der Waals surface area (Å²) in [6, 6.07) is 2.02. The molecular weight excluding hydrogens is 491 g/mol. The lowest BCUT2D eigenvalue weighted by molar-refractivity contribution is -0.168. The summed E-state index contributed by atoms with van der Waals surface area (Å²) in [5.74, 6) is 0.00744. The van der Waals surface area contributed by atoms with Crippen molar-refractivity contribution in [3.05, 3.63) is 28.1 Å². The number of carbonyl (C=O) groups is 1. The molecule has 3 aliphatic rings. The highest BCUT2D eigenvalue weighted by molar-refractivity contribution is 7.15. The zero-order valence-corrected chi connectivity index (χ0v) is 21.5. The number of carbonyl (C=O) groups excluding carboxylic acids is 1. The van der Waals surface area contributed by atoms with Gasteiger partial charge in [0.2, 0.25) is 5.91 Å². The fraction of sp³-hybridized carbons (Fsp3) is 0.720. The first-order valence-corrected chi connectivity index (χ1v) is 13.8. The number of nitrogens with zero attached hydrogens (tertiary/aromatic N) is 4.